The Hall–Kier alpha value is -3.46. The molecule has 8 nitrogen and oxygen atoms in total. The Morgan fingerprint density at radius 3 is 2.82 bits per heavy atom. The lowest BCUT2D eigenvalue weighted by Gasteiger charge is -2.24. The Morgan fingerprint density at radius 1 is 1.18 bits per heavy atom. The van der Waals surface area contributed by atoms with E-state index in [0.29, 0.717) is 73.7 Å². The molecule has 2 fully saturated rings. The molecule has 174 valence electrons. The molecule has 2 aromatic carbocycles. The van der Waals surface area contributed by atoms with E-state index >= 15 is 0 Å². The smallest absolute Gasteiger partial charge is 0.407 e. The number of amides is 1. The van der Waals surface area contributed by atoms with Gasteiger partial charge in [-0.05, 0) is 36.8 Å². The SMILES string of the molecule is O=C(N[C@H]1CCN(c2nc(-c3ccccc3O)nc3ccc(F)cc23)C1)OC1CCOCC1.[HH]. The molecule has 2 aliphatic rings. The molecular weight excluding hydrogens is 427 g/mol. The number of nitrogens with one attached hydrogen (secondary N) is 1. The molecule has 0 aliphatic carbocycles. The van der Waals surface area contributed by atoms with Crippen molar-refractivity contribution in [2.24, 2.45) is 0 Å². The molecule has 33 heavy (non-hydrogen) atoms. The predicted molar refractivity (Wildman–Crippen MR) is 123 cm³/mol. The highest BCUT2D eigenvalue weighted by Gasteiger charge is 2.28. The van der Waals surface area contributed by atoms with Crippen LogP contribution in [0.3, 0.4) is 0 Å². The summed E-state index contributed by atoms with van der Waals surface area (Å²) >= 11 is 0. The van der Waals surface area contributed by atoms with Crippen LogP contribution in [0.5, 0.6) is 5.75 Å². The van der Waals surface area contributed by atoms with Gasteiger partial charge in [-0.2, -0.15) is 0 Å². The van der Waals surface area contributed by atoms with Crippen LogP contribution in [0.4, 0.5) is 15.0 Å². The number of halogens is 1. The van der Waals surface area contributed by atoms with Crippen molar-refractivity contribution in [2.75, 3.05) is 31.2 Å². The maximum atomic E-state index is 14.1. The third-order valence-electron chi connectivity index (χ3n) is 6.03. The highest BCUT2D eigenvalue weighted by Crippen LogP contribution is 2.33. The van der Waals surface area contributed by atoms with Crippen molar-refractivity contribution in [3.8, 4) is 17.1 Å². The van der Waals surface area contributed by atoms with Gasteiger partial charge < -0.3 is 24.8 Å². The standard InChI is InChI=1S/C24H25FN4O4.H2/c25-15-5-6-20-19(13-15)23(28-22(27-20)18-3-1-2-4-21(18)30)29-10-7-16(14-29)26-24(31)33-17-8-11-32-12-9-17;/h1-6,13,16-17,30H,7-12,14H2,(H,26,31);1H/t16-;/m0./s1. The van der Waals surface area contributed by atoms with Crippen LogP contribution >= 0.6 is 0 Å². The van der Waals surface area contributed by atoms with E-state index in [9.17, 15) is 14.3 Å². The van der Waals surface area contributed by atoms with Gasteiger partial charge in [-0.15, -0.1) is 0 Å². The van der Waals surface area contributed by atoms with Gasteiger partial charge >= 0.3 is 6.09 Å². The number of ether oxygens (including phenoxy) is 2. The summed E-state index contributed by atoms with van der Waals surface area (Å²) in [6.45, 7) is 2.34. The minimum Gasteiger partial charge on any atom is -0.507 e. The first kappa shape index (κ1) is 21.4. The van der Waals surface area contributed by atoms with Crippen molar-refractivity contribution in [3.63, 3.8) is 0 Å². The van der Waals surface area contributed by atoms with E-state index < -0.39 is 6.09 Å². The molecule has 9 heteroatoms. The Bertz CT molecular complexity index is 1170. The maximum absolute atomic E-state index is 14.1. The summed E-state index contributed by atoms with van der Waals surface area (Å²) < 4.78 is 24.9. The molecule has 1 aromatic heterocycles. The largest absolute Gasteiger partial charge is 0.507 e. The van der Waals surface area contributed by atoms with E-state index in [1.54, 1.807) is 30.3 Å². The van der Waals surface area contributed by atoms with Gasteiger partial charge in [0.1, 0.15) is 23.5 Å². The summed E-state index contributed by atoms with van der Waals surface area (Å²) in [5, 5.41) is 13.8. The summed E-state index contributed by atoms with van der Waals surface area (Å²) in [7, 11) is 0. The highest BCUT2D eigenvalue weighted by atomic mass is 19.1. The normalized spacial score (nSPS) is 19.1. The van der Waals surface area contributed by atoms with Gasteiger partial charge in [-0.25, -0.2) is 19.2 Å². The fourth-order valence-electron chi connectivity index (χ4n) is 4.33. The Labute approximate surface area is 191 Å². The van der Waals surface area contributed by atoms with Crippen molar-refractivity contribution >= 4 is 22.8 Å². The zero-order valence-corrected chi connectivity index (χ0v) is 18.0. The molecule has 0 spiro atoms. The topological polar surface area (TPSA) is 96.8 Å². The molecule has 3 heterocycles. The zero-order chi connectivity index (χ0) is 22.8. The minimum atomic E-state index is -0.428. The van der Waals surface area contributed by atoms with E-state index in [1.165, 1.54) is 12.1 Å². The number of alkyl carbamates (subject to hydrolysis) is 1. The van der Waals surface area contributed by atoms with Crippen LogP contribution in [-0.2, 0) is 9.47 Å². The summed E-state index contributed by atoms with van der Waals surface area (Å²) in [6.07, 6.45) is 1.57. The molecule has 2 saturated heterocycles. The van der Waals surface area contributed by atoms with Crippen LogP contribution in [0.1, 0.15) is 20.7 Å². The van der Waals surface area contributed by atoms with E-state index in [2.05, 4.69) is 10.3 Å². The Morgan fingerprint density at radius 2 is 2.00 bits per heavy atom. The number of phenols is 1. The van der Waals surface area contributed by atoms with Crippen molar-refractivity contribution in [1.29, 1.82) is 0 Å². The third kappa shape index (κ3) is 4.68. The van der Waals surface area contributed by atoms with E-state index in [0.717, 1.165) is 0 Å². The first-order valence-corrected chi connectivity index (χ1v) is 11.1. The summed E-state index contributed by atoms with van der Waals surface area (Å²) in [5.74, 6) is 0.621. The van der Waals surface area contributed by atoms with E-state index in [1.807, 2.05) is 4.90 Å². The third-order valence-corrected chi connectivity index (χ3v) is 6.03. The first-order valence-electron chi connectivity index (χ1n) is 11.1. The van der Waals surface area contributed by atoms with Crippen LogP contribution in [0.2, 0.25) is 0 Å². The number of hydrogen-bond acceptors (Lipinski definition) is 7. The monoisotopic (exact) mass is 454 g/mol. The lowest BCUT2D eigenvalue weighted by Crippen LogP contribution is -2.40. The average Bonchev–Trinajstić information content (AvgIpc) is 3.27. The van der Waals surface area contributed by atoms with Gasteiger partial charge in [0.15, 0.2) is 5.82 Å². The van der Waals surface area contributed by atoms with Gasteiger partial charge in [0, 0.05) is 32.7 Å². The first-order chi connectivity index (χ1) is 16.1. The molecule has 5 rings (SSSR count). The number of para-hydroxylation sites is 1. The van der Waals surface area contributed by atoms with Crippen LogP contribution in [0, 0.1) is 5.82 Å². The molecule has 1 amide bonds. The van der Waals surface area contributed by atoms with E-state index in [-0.39, 0.29) is 25.1 Å². The number of carbonyl (C=O) groups excluding carboxylic acids is 1. The quantitative estimate of drug-likeness (QED) is 0.618. The number of fused-ring (bicyclic) bond motifs is 1. The number of phenolic OH excluding ortho intramolecular Hbond substituents is 1. The minimum absolute atomic E-state index is 0. The van der Waals surface area contributed by atoms with Crippen LogP contribution in [-0.4, -0.2) is 59.6 Å². The molecule has 0 radical (unpaired) electrons. The summed E-state index contributed by atoms with van der Waals surface area (Å²) in [6, 6.07) is 11.1. The van der Waals surface area contributed by atoms with Crippen molar-refractivity contribution < 1.29 is 25.2 Å². The Kier molecular flexibility index (Phi) is 5.95. The second-order valence-electron chi connectivity index (χ2n) is 8.34. The van der Waals surface area contributed by atoms with Gasteiger partial charge in [0.25, 0.3) is 0 Å². The number of hydrogen-bond donors (Lipinski definition) is 2. The molecule has 0 saturated carbocycles. The van der Waals surface area contributed by atoms with Crippen molar-refractivity contribution in [2.45, 2.75) is 31.4 Å². The molecule has 2 N–H and O–H groups in total. The molecule has 2 aliphatic heterocycles. The fourth-order valence-corrected chi connectivity index (χ4v) is 4.33. The number of rotatable bonds is 4. The van der Waals surface area contributed by atoms with Crippen LogP contribution < -0.4 is 10.2 Å². The van der Waals surface area contributed by atoms with Gasteiger partial charge in [-0.1, -0.05) is 12.1 Å². The van der Waals surface area contributed by atoms with E-state index in [4.69, 9.17) is 14.5 Å². The molecular formula is C24H27FN4O4. The summed E-state index contributed by atoms with van der Waals surface area (Å²) in [5.41, 5.74) is 1.08. The number of aromatic nitrogens is 2. The van der Waals surface area contributed by atoms with Crippen molar-refractivity contribution in [1.82, 2.24) is 15.3 Å². The van der Waals surface area contributed by atoms with Gasteiger partial charge in [0.05, 0.1) is 30.3 Å². The predicted octanol–water partition coefficient (Wildman–Crippen LogP) is 3.87. The average molecular weight is 455 g/mol. The number of carbonyl (C=O) groups is 1. The summed E-state index contributed by atoms with van der Waals surface area (Å²) in [4.78, 5) is 23.6. The number of nitrogens with zero attached hydrogens (tertiary/aromatic N) is 3. The van der Waals surface area contributed by atoms with Crippen LogP contribution in [0.15, 0.2) is 42.5 Å². The van der Waals surface area contributed by atoms with Crippen LogP contribution in [0.25, 0.3) is 22.3 Å². The molecule has 0 bridgehead atoms. The number of anilines is 1. The Balaban J connectivity index is 0.00000274. The zero-order valence-electron chi connectivity index (χ0n) is 18.0. The van der Waals surface area contributed by atoms with Gasteiger partial charge in [0.2, 0.25) is 0 Å². The van der Waals surface area contributed by atoms with Gasteiger partial charge in [-0.3, -0.25) is 0 Å². The lowest BCUT2D eigenvalue weighted by molar-refractivity contribution is 0.000987. The molecule has 1 atom stereocenters. The maximum Gasteiger partial charge on any atom is 0.407 e. The molecule has 3 aromatic rings. The second-order valence-corrected chi connectivity index (χ2v) is 8.34. The number of aromatic hydroxyl groups is 1. The lowest BCUT2D eigenvalue weighted by atomic mass is 10.1. The second kappa shape index (κ2) is 9.19. The van der Waals surface area contributed by atoms with Crippen molar-refractivity contribution in [3.05, 3.63) is 48.3 Å². The highest BCUT2D eigenvalue weighted by molar-refractivity contribution is 5.91. The molecule has 0 unspecified atom stereocenters. The fraction of sp³-hybridized carbons (Fsp3) is 0.375. The number of benzene rings is 2.